The highest BCUT2D eigenvalue weighted by Crippen LogP contribution is 2.11. The van der Waals surface area contributed by atoms with Gasteiger partial charge in [0.2, 0.25) is 24.1 Å². The number of amides is 3. The number of carbonyl (C=O) groups is 3. The largest absolute Gasteiger partial charge is 0.449 e. The molecule has 432 valence electrons. The van der Waals surface area contributed by atoms with Crippen LogP contribution in [0.5, 0.6) is 0 Å². The number of aliphatic hydroxyl groups excluding tert-OH is 1. The van der Waals surface area contributed by atoms with Crippen molar-refractivity contribution in [2.24, 2.45) is 15.0 Å². The number of hydrogen-bond donors (Lipinski definition) is 4. The van der Waals surface area contributed by atoms with E-state index >= 15 is 0 Å². The fraction of sp³-hybridized carbons (Fsp3) is 0.821. The summed E-state index contributed by atoms with van der Waals surface area (Å²) in [5.74, 6) is 0.175. The van der Waals surface area contributed by atoms with Crippen LogP contribution in [0, 0.1) is 0 Å². The maximum absolute atomic E-state index is 11.8. The summed E-state index contributed by atoms with van der Waals surface area (Å²) >= 11 is 0. The molecule has 0 spiro atoms. The number of nitrogens with one attached hydrogen (secondary N) is 3. The molecule has 0 heterocycles. The number of allylic oxidation sites excluding steroid dienone is 2. The van der Waals surface area contributed by atoms with E-state index in [1.165, 1.54) is 88.9 Å². The number of carbonyl (C=O) groups excluding carboxylic acids is 6. The van der Waals surface area contributed by atoms with Crippen molar-refractivity contribution < 1.29 is 57.6 Å². The minimum atomic E-state index is -0.378. The zero-order valence-electron chi connectivity index (χ0n) is 47.0. The van der Waals surface area contributed by atoms with Gasteiger partial charge in [0, 0.05) is 87.2 Å². The summed E-state index contributed by atoms with van der Waals surface area (Å²) in [5, 5.41) is 16.9. The minimum absolute atomic E-state index is 0.175. The van der Waals surface area contributed by atoms with E-state index in [-0.39, 0.29) is 18.1 Å². The molecular formula is C56H106N6O12. The highest BCUT2D eigenvalue weighted by atomic mass is 16.6. The molecule has 0 aliphatic carbocycles. The van der Waals surface area contributed by atoms with Crippen molar-refractivity contribution in [2.45, 2.75) is 199 Å². The van der Waals surface area contributed by atoms with E-state index in [2.05, 4.69) is 48.8 Å². The Morgan fingerprint density at radius 1 is 0.432 bits per heavy atom. The van der Waals surface area contributed by atoms with E-state index in [9.17, 15) is 28.8 Å². The zero-order valence-corrected chi connectivity index (χ0v) is 47.0. The van der Waals surface area contributed by atoms with Crippen LogP contribution in [-0.2, 0) is 42.9 Å². The normalized spacial score (nSPS) is 9.69. The fourth-order valence-corrected chi connectivity index (χ4v) is 6.42. The molecule has 0 unspecified atom stereocenters. The Kier molecular flexibility index (Phi) is 84.6. The third-order valence-corrected chi connectivity index (χ3v) is 10.5. The molecule has 74 heavy (non-hydrogen) atoms. The molecule has 0 rings (SSSR count). The van der Waals surface area contributed by atoms with Crippen LogP contribution in [0.1, 0.15) is 199 Å². The zero-order chi connectivity index (χ0) is 55.7. The number of alkyl carbamates (subject to hydrolysis) is 2. The van der Waals surface area contributed by atoms with Gasteiger partial charge in [0.05, 0.1) is 32.8 Å². The van der Waals surface area contributed by atoms with Crippen LogP contribution in [0.2, 0.25) is 0 Å². The van der Waals surface area contributed by atoms with Crippen molar-refractivity contribution in [2.75, 3.05) is 101 Å². The number of aliphatic imine (C=N–C) groups is 3. The maximum Gasteiger partial charge on any atom is 0.407 e. The molecule has 0 saturated carbocycles. The number of hydrogen-bond acceptors (Lipinski definition) is 15. The van der Waals surface area contributed by atoms with Crippen molar-refractivity contribution in [3.8, 4) is 0 Å². The first-order valence-corrected chi connectivity index (χ1v) is 27.7. The smallest absolute Gasteiger partial charge is 0.407 e. The van der Waals surface area contributed by atoms with Crippen LogP contribution in [0.3, 0.4) is 0 Å². The second kappa shape index (κ2) is 79.9. The van der Waals surface area contributed by atoms with Gasteiger partial charge in [-0.3, -0.25) is 4.79 Å². The van der Waals surface area contributed by atoms with Gasteiger partial charge in [-0.15, -0.1) is 13.2 Å². The summed E-state index contributed by atoms with van der Waals surface area (Å²) in [5.41, 5.74) is 0. The number of methoxy groups -OCH3 is 3. The van der Waals surface area contributed by atoms with E-state index in [1.54, 1.807) is 28.4 Å². The number of ether oxygens (including phenoxy) is 5. The second-order valence-electron chi connectivity index (χ2n) is 17.3. The molecule has 0 aromatic carbocycles. The molecule has 3 amide bonds. The van der Waals surface area contributed by atoms with Gasteiger partial charge in [-0.2, -0.15) is 0 Å². The molecule has 0 radical (unpaired) electrons. The van der Waals surface area contributed by atoms with E-state index in [4.69, 9.17) is 24.1 Å². The minimum Gasteiger partial charge on any atom is -0.449 e. The predicted molar refractivity (Wildman–Crippen MR) is 298 cm³/mol. The molecule has 18 nitrogen and oxygen atoms in total. The van der Waals surface area contributed by atoms with E-state index in [1.807, 2.05) is 12.2 Å². The Morgan fingerprint density at radius 3 is 1.08 bits per heavy atom. The Morgan fingerprint density at radius 2 is 0.743 bits per heavy atom. The molecule has 0 aliphatic rings. The summed E-state index contributed by atoms with van der Waals surface area (Å²) in [6.45, 7) is 13.4. The lowest BCUT2D eigenvalue weighted by Gasteiger charge is -2.07. The van der Waals surface area contributed by atoms with Gasteiger partial charge >= 0.3 is 12.2 Å². The van der Waals surface area contributed by atoms with Crippen LogP contribution >= 0.6 is 0 Å². The molecule has 18 heteroatoms. The number of rotatable bonds is 48. The molecule has 0 bridgehead atoms. The number of nitrogens with zero attached hydrogens (tertiary/aromatic N) is 3. The van der Waals surface area contributed by atoms with Crippen LogP contribution in [0.25, 0.3) is 0 Å². The third kappa shape index (κ3) is 90.3. The lowest BCUT2D eigenvalue weighted by Crippen LogP contribution is -2.26. The third-order valence-electron chi connectivity index (χ3n) is 10.5. The average Bonchev–Trinajstić information content (AvgIpc) is 3.40. The van der Waals surface area contributed by atoms with Gasteiger partial charge in [0.25, 0.3) is 0 Å². The van der Waals surface area contributed by atoms with Crippen molar-refractivity contribution in [3.63, 3.8) is 0 Å². The summed E-state index contributed by atoms with van der Waals surface area (Å²) < 4.78 is 23.9. The summed E-state index contributed by atoms with van der Waals surface area (Å²) in [4.78, 5) is 73.7. The van der Waals surface area contributed by atoms with Crippen LogP contribution in [-0.4, -0.2) is 142 Å². The molecule has 4 N–H and O–H groups in total. The Labute approximate surface area is 448 Å². The molecule has 0 fully saturated rings. The Bertz CT molecular complexity index is 1300. The van der Waals surface area contributed by atoms with E-state index in [0.29, 0.717) is 85.0 Å². The van der Waals surface area contributed by atoms with Crippen LogP contribution in [0.15, 0.2) is 40.3 Å². The van der Waals surface area contributed by atoms with Crippen LogP contribution in [0.4, 0.5) is 9.59 Å². The highest BCUT2D eigenvalue weighted by molar-refractivity contribution is 5.75. The first-order valence-electron chi connectivity index (χ1n) is 27.7. The molecule has 0 aromatic heterocycles. The van der Waals surface area contributed by atoms with Gasteiger partial charge < -0.3 is 44.7 Å². The van der Waals surface area contributed by atoms with E-state index in [0.717, 1.165) is 116 Å². The number of aliphatic hydroxyl groups is 1. The van der Waals surface area contributed by atoms with Crippen molar-refractivity contribution in [1.29, 1.82) is 0 Å². The van der Waals surface area contributed by atoms with Gasteiger partial charge in [-0.05, 0) is 77.0 Å². The molecule has 0 atom stereocenters. The fourth-order valence-electron chi connectivity index (χ4n) is 6.42. The summed E-state index contributed by atoms with van der Waals surface area (Å²) in [6.07, 6.45) is 40.9. The molecular weight excluding hydrogens is 949 g/mol. The second-order valence-corrected chi connectivity index (χ2v) is 17.3. The SMILES string of the molecule is C=CCCCCCCCCCC(=O)NCCCCCCNC(=O)OCCCOC.C=CCCCCCCCCCO.COC.COCCCOC(=O)NCCCCCCN=C=O.O=C=NCCCCCCN=C=O. The summed E-state index contributed by atoms with van der Waals surface area (Å²) in [7, 11) is 6.49. The quantitative estimate of drug-likeness (QED) is 0.0192. The first kappa shape index (κ1) is 78.4. The molecule has 0 aliphatic heterocycles. The lowest BCUT2D eigenvalue weighted by atomic mass is 10.1. The first-order chi connectivity index (χ1) is 36.3. The molecule has 0 aromatic rings. The topological polar surface area (TPSA) is 242 Å². The molecule has 0 saturated heterocycles. The monoisotopic (exact) mass is 1050 g/mol. The van der Waals surface area contributed by atoms with Crippen LogP contribution < -0.4 is 16.0 Å². The summed E-state index contributed by atoms with van der Waals surface area (Å²) in [6, 6.07) is 0. The Balaban J connectivity index is -0.000000301. The average molecular weight is 1060 g/mol. The van der Waals surface area contributed by atoms with Gasteiger partial charge in [-0.25, -0.2) is 38.9 Å². The lowest BCUT2D eigenvalue weighted by molar-refractivity contribution is -0.121. The van der Waals surface area contributed by atoms with Gasteiger partial charge in [0.15, 0.2) is 0 Å². The standard InChI is InChI=1S/C23H44N2O4.C12H22N2O4.C11H22O.C8H12N2O2.C2H6O/c1-3-4-5-6-7-8-9-10-13-17-22(26)24-18-14-11-12-15-19-25-23(27)29-21-16-20-28-2;1-17-9-6-10-18-12(16)14-8-5-3-2-4-7-13-11-15;1-2-3-4-5-6-7-8-9-10-11-12;11-7-9-5-3-1-2-4-6-10-8-12;1-3-2/h3H,1,4-21H2,2H3,(H,24,26)(H,25,27);2-10H2,1H3,(H,14,16);2,12H,1,3-11H2;1-6H2;1-2H3. The number of unbranched alkanes of at least 4 members (excludes halogenated alkanes) is 23. The Hall–Kier alpha value is -4.53. The highest BCUT2D eigenvalue weighted by Gasteiger charge is 2.03. The van der Waals surface area contributed by atoms with Crippen molar-refractivity contribution in [1.82, 2.24) is 16.0 Å². The predicted octanol–water partition coefficient (Wildman–Crippen LogP) is 11.5. The van der Waals surface area contributed by atoms with Gasteiger partial charge in [-0.1, -0.05) is 115 Å². The maximum atomic E-state index is 11.8. The van der Waals surface area contributed by atoms with Crippen molar-refractivity contribution >= 4 is 36.3 Å². The van der Waals surface area contributed by atoms with Crippen molar-refractivity contribution in [3.05, 3.63) is 25.3 Å². The number of isocyanates is 3. The van der Waals surface area contributed by atoms with Gasteiger partial charge in [0.1, 0.15) is 0 Å². The van der Waals surface area contributed by atoms with E-state index < -0.39 is 0 Å².